The van der Waals surface area contributed by atoms with Crippen LogP contribution in [0.4, 0.5) is 5.69 Å². The molecule has 22 heavy (non-hydrogen) atoms. The molecular formula is C16H27Cl2N3O. The number of piperidine rings is 1. The second-order valence-electron chi connectivity index (χ2n) is 5.59. The van der Waals surface area contributed by atoms with Gasteiger partial charge in [0, 0.05) is 24.8 Å². The summed E-state index contributed by atoms with van der Waals surface area (Å²) in [7, 11) is 1.97. The topological polar surface area (TPSA) is 44.4 Å². The number of anilines is 1. The second kappa shape index (κ2) is 9.93. The quantitative estimate of drug-likeness (QED) is 0.880. The van der Waals surface area contributed by atoms with E-state index in [4.69, 9.17) is 0 Å². The predicted molar refractivity (Wildman–Crippen MR) is 97.6 cm³/mol. The Morgan fingerprint density at radius 1 is 1.27 bits per heavy atom. The number of aryl methyl sites for hydroxylation is 2. The van der Waals surface area contributed by atoms with Gasteiger partial charge in [0.05, 0.1) is 6.54 Å². The number of hydrogen-bond donors (Lipinski definition) is 2. The van der Waals surface area contributed by atoms with E-state index in [9.17, 15) is 4.79 Å². The number of nitrogens with zero attached hydrogens (tertiary/aromatic N) is 1. The molecule has 0 bridgehead atoms. The van der Waals surface area contributed by atoms with Crippen LogP contribution in [0.25, 0.3) is 0 Å². The lowest BCUT2D eigenvalue weighted by Crippen LogP contribution is -2.48. The zero-order valence-electron chi connectivity index (χ0n) is 13.5. The molecule has 1 aliphatic rings. The van der Waals surface area contributed by atoms with Gasteiger partial charge < -0.3 is 15.5 Å². The number of carbonyl (C=O) groups excluding carboxylic acids is 1. The van der Waals surface area contributed by atoms with Gasteiger partial charge in [0.2, 0.25) is 5.91 Å². The fourth-order valence-electron chi connectivity index (χ4n) is 2.81. The molecule has 4 nitrogen and oxygen atoms in total. The minimum absolute atomic E-state index is 0. The highest BCUT2D eigenvalue weighted by Gasteiger charge is 2.22. The van der Waals surface area contributed by atoms with E-state index in [-0.39, 0.29) is 30.7 Å². The summed E-state index contributed by atoms with van der Waals surface area (Å²) < 4.78 is 0. The van der Waals surface area contributed by atoms with E-state index in [1.54, 1.807) is 0 Å². The van der Waals surface area contributed by atoms with Gasteiger partial charge >= 0.3 is 0 Å². The monoisotopic (exact) mass is 347 g/mol. The van der Waals surface area contributed by atoms with Crippen LogP contribution in [-0.4, -0.2) is 43.5 Å². The number of nitrogens with one attached hydrogen (secondary N) is 2. The molecule has 1 aromatic rings. The number of para-hydroxylation sites is 1. The fraction of sp³-hybridized carbons (Fsp3) is 0.562. The third kappa shape index (κ3) is 5.34. The number of carbonyl (C=O) groups is 1. The summed E-state index contributed by atoms with van der Waals surface area (Å²) in [6, 6.07) is 6.61. The third-order valence-electron chi connectivity index (χ3n) is 4.08. The molecule has 0 spiro atoms. The van der Waals surface area contributed by atoms with Gasteiger partial charge in [-0.25, -0.2) is 0 Å². The average molecular weight is 348 g/mol. The first-order chi connectivity index (χ1) is 9.61. The van der Waals surface area contributed by atoms with Gasteiger partial charge in [0.25, 0.3) is 0 Å². The van der Waals surface area contributed by atoms with Crippen LogP contribution in [0.15, 0.2) is 18.2 Å². The summed E-state index contributed by atoms with van der Waals surface area (Å²) in [6.07, 6.45) is 2.24. The van der Waals surface area contributed by atoms with Gasteiger partial charge in [-0.05, 0) is 44.9 Å². The van der Waals surface area contributed by atoms with Crippen molar-refractivity contribution in [1.29, 1.82) is 0 Å². The Labute approximate surface area is 145 Å². The van der Waals surface area contributed by atoms with Crippen molar-refractivity contribution in [3.8, 4) is 0 Å². The molecule has 1 aromatic carbocycles. The van der Waals surface area contributed by atoms with Crippen LogP contribution in [0.3, 0.4) is 0 Å². The molecule has 1 unspecified atom stereocenters. The molecule has 0 aliphatic carbocycles. The van der Waals surface area contributed by atoms with E-state index >= 15 is 0 Å². The molecule has 0 saturated carbocycles. The van der Waals surface area contributed by atoms with Crippen molar-refractivity contribution in [1.82, 2.24) is 10.2 Å². The van der Waals surface area contributed by atoms with Gasteiger partial charge in [-0.3, -0.25) is 4.79 Å². The van der Waals surface area contributed by atoms with E-state index in [1.807, 2.05) is 18.0 Å². The van der Waals surface area contributed by atoms with Gasteiger partial charge in [-0.1, -0.05) is 18.2 Å². The third-order valence-corrected chi connectivity index (χ3v) is 4.08. The molecule has 1 aliphatic heterocycles. The zero-order valence-corrected chi connectivity index (χ0v) is 15.1. The van der Waals surface area contributed by atoms with Crippen LogP contribution in [0.2, 0.25) is 0 Å². The SMILES string of the molecule is CNC1CCCN(C(=O)CNc2c(C)cccc2C)C1.Cl.Cl. The smallest absolute Gasteiger partial charge is 0.241 e. The normalized spacial score (nSPS) is 17.2. The van der Waals surface area contributed by atoms with Crippen LogP contribution in [-0.2, 0) is 4.79 Å². The Morgan fingerprint density at radius 2 is 1.91 bits per heavy atom. The highest BCUT2D eigenvalue weighted by Crippen LogP contribution is 2.19. The van der Waals surface area contributed by atoms with Crippen LogP contribution >= 0.6 is 24.8 Å². The van der Waals surface area contributed by atoms with E-state index in [1.165, 1.54) is 11.1 Å². The van der Waals surface area contributed by atoms with Crippen molar-refractivity contribution < 1.29 is 4.79 Å². The molecular weight excluding hydrogens is 321 g/mol. The molecule has 1 amide bonds. The van der Waals surface area contributed by atoms with Crippen molar-refractivity contribution in [3.05, 3.63) is 29.3 Å². The van der Waals surface area contributed by atoms with Crippen LogP contribution in [0.5, 0.6) is 0 Å². The Bertz CT molecular complexity index is 462. The van der Waals surface area contributed by atoms with Crippen molar-refractivity contribution >= 4 is 36.4 Å². The summed E-state index contributed by atoms with van der Waals surface area (Å²) in [4.78, 5) is 14.3. The minimum Gasteiger partial charge on any atom is -0.376 e. The molecule has 0 aromatic heterocycles. The fourth-order valence-corrected chi connectivity index (χ4v) is 2.81. The first-order valence-corrected chi connectivity index (χ1v) is 7.37. The number of likely N-dealkylation sites (N-methyl/N-ethyl adjacent to an activating group) is 1. The van der Waals surface area contributed by atoms with Crippen molar-refractivity contribution in [2.45, 2.75) is 32.7 Å². The largest absolute Gasteiger partial charge is 0.376 e. The lowest BCUT2D eigenvalue weighted by atomic mass is 10.1. The lowest BCUT2D eigenvalue weighted by Gasteiger charge is -2.32. The maximum Gasteiger partial charge on any atom is 0.241 e. The summed E-state index contributed by atoms with van der Waals surface area (Å²) in [5, 5.41) is 6.57. The van der Waals surface area contributed by atoms with Crippen LogP contribution in [0, 0.1) is 13.8 Å². The molecule has 2 rings (SSSR count). The zero-order chi connectivity index (χ0) is 14.5. The lowest BCUT2D eigenvalue weighted by molar-refractivity contribution is -0.130. The number of halogens is 2. The molecule has 6 heteroatoms. The maximum absolute atomic E-state index is 12.3. The average Bonchev–Trinajstić information content (AvgIpc) is 2.46. The number of hydrogen-bond acceptors (Lipinski definition) is 3. The number of rotatable bonds is 4. The minimum atomic E-state index is 0. The molecule has 0 radical (unpaired) electrons. The highest BCUT2D eigenvalue weighted by molar-refractivity contribution is 5.85. The van der Waals surface area contributed by atoms with Crippen molar-refractivity contribution in [2.24, 2.45) is 0 Å². The van der Waals surface area contributed by atoms with Crippen molar-refractivity contribution in [3.63, 3.8) is 0 Å². The molecule has 1 saturated heterocycles. The summed E-state index contributed by atoms with van der Waals surface area (Å²) in [5.41, 5.74) is 3.46. The Kier molecular flexibility index (Phi) is 9.49. The van der Waals surface area contributed by atoms with E-state index in [2.05, 4.69) is 36.6 Å². The summed E-state index contributed by atoms with van der Waals surface area (Å²) in [6.45, 7) is 6.22. The molecule has 2 N–H and O–H groups in total. The molecule has 1 fully saturated rings. The van der Waals surface area contributed by atoms with E-state index in [0.717, 1.165) is 31.6 Å². The van der Waals surface area contributed by atoms with E-state index < -0.39 is 0 Å². The number of amides is 1. The van der Waals surface area contributed by atoms with Crippen molar-refractivity contribution in [2.75, 3.05) is 32.0 Å². The molecule has 1 atom stereocenters. The Hall–Kier alpha value is -0.970. The van der Waals surface area contributed by atoms with Crippen LogP contribution in [0.1, 0.15) is 24.0 Å². The Morgan fingerprint density at radius 3 is 2.50 bits per heavy atom. The number of likely N-dealkylation sites (tertiary alicyclic amines) is 1. The van der Waals surface area contributed by atoms with Crippen LogP contribution < -0.4 is 10.6 Å². The summed E-state index contributed by atoms with van der Waals surface area (Å²) in [5.74, 6) is 0.188. The number of benzene rings is 1. The van der Waals surface area contributed by atoms with E-state index in [0.29, 0.717) is 12.6 Å². The first-order valence-electron chi connectivity index (χ1n) is 7.37. The van der Waals surface area contributed by atoms with Gasteiger partial charge in [-0.15, -0.1) is 24.8 Å². The standard InChI is InChI=1S/C16H25N3O.2ClH/c1-12-6-4-7-13(2)16(12)18-10-15(20)19-9-5-8-14(11-19)17-3;;/h4,6-7,14,17-18H,5,8-11H2,1-3H3;2*1H. The first kappa shape index (κ1) is 21.0. The van der Waals surface area contributed by atoms with Gasteiger partial charge in [0.1, 0.15) is 0 Å². The summed E-state index contributed by atoms with van der Waals surface area (Å²) >= 11 is 0. The Balaban J connectivity index is 0.00000220. The highest BCUT2D eigenvalue weighted by atomic mass is 35.5. The molecule has 126 valence electrons. The predicted octanol–water partition coefficient (Wildman–Crippen LogP) is 2.77. The van der Waals surface area contributed by atoms with Gasteiger partial charge in [0.15, 0.2) is 0 Å². The maximum atomic E-state index is 12.3. The second-order valence-corrected chi connectivity index (χ2v) is 5.59. The van der Waals surface area contributed by atoms with Gasteiger partial charge in [-0.2, -0.15) is 0 Å². The molecule has 1 heterocycles.